The van der Waals surface area contributed by atoms with E-state index in [1.54, 1.807) is 0 Å². The van der Waals surface area contributed by atoms with Crippen molar-refractivity contribution < 1.29 is 12.9 Å². The lowest BCUT2D eigenvalue weighted by Gasteiger charge is -2.04. The molecule has 0 aromatic carbocycles. The second-order valence-corrected chi connectivity index (χ2v) is 5.46. The predicted octanol–water partition coefficient (Wildman–Crippen LogP) is 1.63. The van der Waals surface area contributed by atoms with Gasteiger partial charge in [0.25, 0.3) is 10.0 Å². The monoisotopic (exact) mass is 303 g/mol. The van der Waals surface area contributed by atoms with E-state index in [0.29, 0.717) is 4.47 Å². The number of rotatable bonds is 3. The van der Waals surface area contributed by atoms with Gasteiger partial charge in [0.1, 0.15) is 16.8 Å². The molecule has 0 fully saturated rings. The van der Waals surface area contributed by atoms with Gasteiger partial charge in [-0.25, -0.2) is 8.42 Å². The zero-order valence-corrected chi connectivity index (χ0v) is 10.2. The van der Waals surface area contributed by atoms with E-state index in [2.05, 4.69) is 35.3 Å². The molecule has 2 heterocycles. The molecule has 0 aliphatic heterocycles. The summed E-state index contributed by atoms with van der Waals surface area (Å²) in [6.45, 7) is 0. The van der Waals surface area contributed by atoms with Crippen molar-refractivity contribution >= 4 is 31.6 Å². The minimum atomic E-state index is -3.65. The van der Waals surface area contributed by atoms with E-state index in [4.69, 9.17) is 0 Å². The summed E-state index contributed by atoms with van der Waals surface area (Å²) in [5, 5.41) is 3.39. The highest BCUT2D eigenvalue weighted by Gasteiger charge is 2.15. The van der Waals surface area contributed by atoms with E-state index in [1.807, 2.05) is 0 Å². The van der Waals surface area contributed by atoms with Crippen LogP contribution >= 0.6 is 15.9 Å². The van der Waals surface area contributed by atoms with E-state index in [-0.39, 0.29) is 10.6 Å². The topological polar surface area (TPSA) is 85.1 Å². The Morgan fingerprint density at radius 2 is 2.12 bits per heavy atom. The molecule has 0 unspecified atom stereocenters. The number of pyridine rings is 1. The Kier molecular flexibility index (Phi) is 2.92. The van der Waals surface area contributed by atoms with Gasteiger partial charge in [-0.3, -0.25) is 9.71 Å². The lowest BCUT2D eigenvalue weighted by atomic mass is 10.5. The molecule has 0 atom stereocenters. The number of anilines is 1. The fourth-order valence-electron chi connectivity index (χ4n) is 1.01. The van der Waals surface area contributed by atoms with Crippen LogP contribution in [0.1, 0.15) is 0 Å². The summed E-state index contributed by atoms with van der Waals surface area (Å²) >= 11 is 3.15. The molecule has 16 heavy (non-hydrogen) atoms. The Labute approximate surface area is 99.9 Å². The lowest BCUT2D eigenvalue weighted by molar-refractivity contribution is 0.420. The average molecular weight is 304 g/mol. The number of hydrogen-bond donors (Lipinski definition) is 1. The summed E-state index contributed by atoms with van der Waals surface area (Å²) in [6, 6.07) is 1.45. The maximum Gasteiger partial charge on any atom is 0.263 e. The lowest BCUT2D eigenvalue weighted by Crippen LogP contribution is -2.12. The fourth-order valence-corrected chi connectivity index (χ4v) is 2.54. The van der Waals surface area contributed by atoms with Gasteiger partial charge in [0.05, 0.1) is 6.20 Å². The average Bonchev–Trinajstić information content (AvgIpc) is 2.70. The van der Waals surface area contributed by atoms with Crippen molar-refractivity contribution in [2.75, 3.05) is 4.72 Å². The minimum absolute atomic E-state index is 0.0584. The van der Waals surface area contributed by atoms with Crippen molar-refractivity contribution in [2.24, 2.45) is 0 Å². The zero-order valence-electron chi connectivity index (χ0n) is 7.79. The SMILES string of the molecule is O=S(=O)(Nc1cnoc1)c1cncc(Br)c1. The zero-order chi connectivity index (χ0) is 11.6. The first-order chi connectivity index (χ1) is 7.58. The smallest absolute Gasteiger partial charge is 0.263 e. The van der Waals surface area contributed by atoms with E-state index < -0.39 is 10.0 Å². The molecule has 0 saturated heterocycles. The van der Waals surface area contributed by atoms with Gasteiger partial charge in [0, 0.05) is 16.9 Å². The summed E-state index contributed by atoms with van der Waals surface area (Å²) in [5.41, 5.74) is 0.264. The van der Waals surface area contributed by atoms with Crippen LogP contribution in [0.25, 0.3) is 0 Å². The Morgan fingerprint density at radius 3 is 2.75 bits per heavy atom. The number of aromatic nitrogens is 2. The number of sulfonamides is 1. The molecule has 0 aliphatic rings. The highest BCUT2D eigenvalue weighted by molar-refractivity contribution is 9.10. The Bertz CT molecular complexity index is 582. The summed E-state index contributed by atoms with van der Waals surface area (Å²) in [7, 11) is -3.65. The van der Waals surface area contributed by atoms with E-state index >= 15 is 0 Å². The number of nitrogens with one attached hydrogen (secondary N) is 1. The first-order valence-corrected chi connectivity index (χ1v) is 6.38. The molecule has 2 aromatic rings. The third-order valence-electron chi connectivity index (χ3n) is 1.67. The van der Waals surface area contributed by atoms with Crippen LogP contribution in [0.15, 0.2) is 44.8 Å². The predicted molar refractivity (Wildman–Crippen MR) is 59.2 cm³/mol. The molecular formula is C8H6BrN3O3S. The van der Waals surface area contributed by atoms with Gasteiger partial charge >= 0.3 is 0 Å². The van der Waals surface area contributed by atoms with Gasteiger partial charge in [-0.05, 0) is 22.0 Å². The molecule has 0 saturated carbocycles. The van der Waals surface area contributed by atoms with Gasteiger partial charge in [-0.1, -0.05) is 5.16 Å². The molecule has 1 N–H and O–H groups in total. The number of nitrogens with zero attached hydrogens (tertiary/aromatic N) is 2. The van der Waals surface area contributed by atoms with Crippen molar-refractivity contribution in [1.82, 2.24) is 10.1 Å². The highest BCUT2D eigenvalue weighted by Crippen LogP contribution is 2.17. The van der Waals surface area contributed by atoms with Crippen molar-refractivity contribution in [2.45, 2.75) is 4.90 Å². The first kappa shape index (κ1) is 11.1. The molecule has 0 aliphatic carbocycles. The van der Waals surface area contributed by atoms with Crippen LogP contribution in [0.3, 0.4) is 0 Å². The third kappa shape index (κ3) is 2.39. The van der Waals surface area contributed by atoms with Crippen LogP contribution in [-0.2, 0) is 10.0 Å². The maximum absolute atomic E-state index is 11.8. The standard InChI is InChI=1S/C8H6BrN3O3S/c9-6-1-8(4-10-2-6)16(13,14)12-7-3-11-15-5-7/h1-5,12H. The molecule has 0 spiro atoms. The third-order valence-corrected chi connectivity index (χ3v) is 3.46. The van der Waals surface area contributed by atoms with Crippen molar-refractivity contribution in [1.29, 1.82) is 0 Å². The van der Waals surface area contributed by atoms with Gasteiger partial charge in [0.2, 0.25) is 0 Å². The minimum Gasteiger partial charge on any atom is -0.362 e. The van der Waals surface area contributed by atoms with Crippen LogP contribution in [0, 0.1) is 0 Å². The molecule has 0 bridgehead atoms. The molecule has 8 heteroatoms. The number of halogens is 1. The Morgan fingerprint density at radius 1 is 1.31 bits per heavy atom. The van der Waals surface area contributed by atoms with Crippen molar-refractivity contribution in [3.8, 4) is 0 Å². The van der Waals surface area contributed by atoms with Gasteiger partial charge in [-0.15, -0.1) is 0 Å². The summed E-state index contributed by atoms with van der Waals surface area (Å²) in [4.78, 5) is 3.83. The summed E-state index contributed by atoms with van der Waals surface area (Å²) in [5.74, 6) is 0. The second-order valence-electron chi connectivity index (χ2n) is 2.86. The molecule has 0 amide bonds. The molecular weight excluding hydrogens is 298 g/mol. The van der Waals surface area contributed by atoms with Crippen LogP contribution in [-0.4, -0.2) is 18.6 Å². The summed E-state index contributed by atoms with van der Waals surface area (Å²) < 4.78 is 31.0. The van der Waals surface area contributed by atoms with Gasteiger partial charge in [-0.2, -0.15) is 0 Å². The van der Waals surface area contributed by atoms with E-state index in [0.717, 1.165) is 0 Å². The number of hydrogen-bond acceptors (Lipinski definition) is 5. The summed E-state index contributed by atoms with van der Waals surface area (Å²) in [6.07, 6.45) is 5.21. The van der Waals surface area contributed by atoms with Crippen molar-refractivity contribution in [3.63, 3.8) is 0 Å². The Hall–Kier alpha value is -1.41. The quantitative estimate of drug-likeness (QED) is 0.931. The van der Waals surface area contributed by atoms with E-state index in [1.165, 1.54) is 30.9 Å². The fraction of sp³-hybridized carbons (Fsp3) is 0. The molecule has 84 valence electrons. The first-order valence-electron chi connectivity index (χ1n) is 4.11. The van der Waals surface area contributed by atoms with Gasteiger partial charge in [0.15, 0.2) is 0 Å². The maximum atomic E-state index is 11.8. The van der Waals surface area contributed by atoms with Crippen LogP contribution < -0.4 is 4.72 Å². The van der Waals surface area contributed by atoms with Gasteiger partial charge < -0.3 is 4.52 Å². The molecule has 6 nitrogen and oxygen atoms in total. The van der Waals surface area contributed by atoms with Crippen molar-refractivity contribution in [3.05, 3.63) is 35.4 Å². The Balaban J connectivity index is 2.33. The molecule has 0 radical (unpaired) electrons. The van der Waals surface area contributed by atoms with Crippen LogP contribution in [0.4, 0.5) is 5.69 Å². The molecule has 2 aromatic heterocycles. The highest BCUT2D eigenvalue weighted by atomic mass is 79.9. The van der Waals surface area contributed by atoms with Crippen LogP contribution in [0.5, 0.6) is 0 Å². The largest absolute Gasteiger partial charge is 0.362 e. The normalized spacial score (nSPS) is 11.3. The van der Waals surface area contributed by atoms with Crippen LogP contribution in [0.2, 0.25) is 0 Å². The second kappa shape index (κ2) is 4.22. The molecule has 2 rings (SSSR count). The van der Waals surface area contributed by atoms with E-state index in [9.17, 15) is 8.42 Å².